The van der Waals surface area contributed by atoms with Gasteiger partial charge in [0.05, 0.1) is 11.2 Å². The van der Waals surface area contributed by atoms with Crippen LogP contribution in [0.1, 0.15) is 59.1 Å². The van der Waals surface area contributed by atoms with Gasteiger partial charge in [-0.05, 0) is 40.5 Å². The van der Waals surface area contributed by atoms with E-state index in [4.69, 9.17) is 14.4 Å². The number of hydrogen-bond donors (Lipinski definition) is 2. The Kier molecular flexibility index (Phi) is 6.70. The zero-order valence-corrected chi connectivity index (χ0v) is 16.6. The molecule has 0 aromatic carbocycles. The highest BCUT2D eigenvalue weighted by atomic mass is 19.4. The number of amides is 1. The van der Waals surface area contributed by atoms with E-state index in [0.29, 0.717) is 25.9 Å². The Labute approximate surface area is 162 Å². The molecule has 0 aliphatic carbocycles. The largest absolute Gasteiger partial charge is 0.498 e. The van der Waals surface area contributed by atoms with E-state index in [1.54, 1.807) is 27.7 Å². The van der Waals surface area contributed by atoms with Crippen LogP contribution in [0.25, 0.3) is 0 Å². The number of nitrogens with zero attached hydrogens (tertiary/aromatic N) is 2. The first-order valence-corrected chi connectivity index (χ1v) is 9.30. The summed E-state index contributed by atoms with van der Waals surface area (Å²) in [5.74, 6) is 0. The predicted molar refractivity (Wildman–Crippen MR) is 97.4 cm³/mol. The highest BCUT2D eigenvalue weighted by Crippen LogP contribution is 2.37. The molecule has 1 amide bonds. The van der Waals surface area contributed by atoms with Crippen molar-refractivity contribution in [3.63, 3.8) is 0 Å². The number of unbranched alkanes of at least 4 members (excludes halogenated alkanes) is 3. The molecule has 1 fully saturated rings. The summed E-state index contributed by atoms with van der Waals surface area (Å²) in [6.07, 6.45) is -1.48. The quantitative estimate of drug-likeness (QED) is 0.513. The summed E-state index contributed by atoms with van der Waals surface area (Å²) in [4.78, 5) is 10.3. The van der Waals surface area contributed by atoms with E-state index < -0.39 is 36.3 Å². The van der Waals surface area contributed by atoms with Crippen molar-refractivity contribution in [3.05, 3.63) is 11.9 Å². The third kappa shape index (κ3) is 5.41. The fourth-order valence-corrected chi connectivity index (χ4v) is 2.86. The van der Waals surface area contributed by atoms with Gasteiger partial charge >= 0.3 is 19.4 Å². The average Bonchev–Trinajstić information content (AvgIpc) is 3.05. The maximum absolute atomic E-state index is 13.5. The number of halogens is 3. The Morgan fingerprint density at radius 2 is 1.75 bits per heavy atom. The van der Waals surface area contributed by atoms with Crippen LogP contribution in [0.4, 0.5) is 18.0 Å². The Hall–Kier alpha value is -1.75. The number of aromatic nitrogens is 2. The summed E-state index contributed by atoms with van der Waals surface area (Å²) in [6, 6.07) is 0. The third-order valence-electron chi connectivity index (χ3n) is 5.16. The summed E-state index contributed by atoms with van der Waals surface area (Å²) in [5.41, 5.74) is -2.59. The smallest absolute Gasteiger partial charge is 0.465 e. The molecule has 0 unspecified atom stereocenters. The Morgan fingerprint density at radius 1 is 1.18 bits per heavy atom. The van der Waals surface area contributed by atoms with Gasteiger partial charge in [0, 0.05) is 24.7 Å². The Bertz CT molecular complexity index is 676. The topological polar surface area (TPSA) is 85.6 Å². The van der Waals surface area contributed by atoms with Gasteiger partial charge < -0.3 is 19.7 Å². The lowest BCUT2D eigenvalue weighted by atomic mass is 9.79. The van der Waals surface area contributed by atoms with Gasteiger partial charge in [-0.3, -0.25) is 4.68 Å². The van der Waals surface area contributed by atoms with E-state index in [0.717, 1.165) is 12.8 Å². The molecule has 2 N–H and O–H groups in total. The molecule has 28 heavy (non-hydrogen) atoms. The normalized spacial score (nSPS) is 18.5. The summed E-state index contributed by atoms with van der Waals surface area (Å²) >= 11 is 0. The lowest BCUT2D eigenvalue weighted by Gasteiger charge is -2.32. The van der Waals surface area contributed by atoms with E-state index >= 15 is 0 Å². The second-order valence-corrected chi connectivity index (χ2v) is 7.93. The fraction of sp³-hybridized carbons (Fsp3) is 0.765. The van der Waals surface area contributed by atoms with Crippen molar-refractivity contribution < 1.29 is 32.4 Å². The van der Waals surface area contributed by atoms with E-state index in [1.807, 2.05) is 0 Å². The summed E-state index contributed by atoms with van der Waals surface area (Å²) in [5, 5.41) is 14.5. The molecule has 0 radical (unpaired) electrons. The molecule has 0 bridgehead atoms. The van der Waals surface area contributed by atoms with Crippen LogP contribution in [0.5, 0.6) is 0 Å². The van der Waals surface area contributed by atoms with Gasteiger partial charge in [0.1, 0.15) is 0 Å². The minimum absolute atomic E-state index is 0.114. The number of hydrogen-bond acceptors (Lipinski definition) is 4. The van der Waals surface area contributed by atoms with E-state index in [1.165, 1.54) is 10.9 Å². The SMILES string of the molecule is CC1(C)OB(c2cn(CCCCCCNC(=O)O)nc2C(F)(F)F)OC1(C)C. The predicted octanol–water partition coefficient (Wildman–Crippen LogP) is 3.03. The number of carbonyl (C=O) groups is 1. The zero-order valence-electron chi connectivity index (χ0n) is 16.6. The average molecular weight is 405 g/mol. The van der Waals surface area contributed by atoms with E-state index in [2.05, 4.69) is 10.4 Å². The van der Waals surface area contributed by atoms with Gasteiger partial charge in [-0.15, -0.1) is 0 Å². The highest BCUT2D eigenvalue weighted by Gasteiger charge is 2.54. The molecule has 1 aliphatic rings. The highest BCUT2D eigenvalue weighted by molar-refractivity contribution is 6.62. The van der Waals surface area contributed by atoms with Crippen molar-refractivity contribution in [1.29, 1.82) is 0 Å². The molecule has 0 atom stereocenters. The van der Waals surface area contributed by atoms with E-state index in [9.17, 15) is 18.0 Å². The van der Waals surface area contributed by atoms with Crippen LogP contribution in [-0.4, -0.2) is 45.8 Å². The maximum Gasteiger partial charge on any atom is 0.498 e. The van der Waals surface area contributed by atoms with Gasteiger partial charge in [-0.1, -0.05) is 12.8 Å². The molecule has 1 saturated heterocycles. The van der Waals surface area contributed by atoms with Gasteiger partial charge in [0.15, 0.2) is 5.69 Å². The van der Waals surface area contributed by atoms with Crippen molar-refractivity contribution in [1.82, 2.24) is 15.1 Å². The summed E-state index contributed by atoms with van der Waals surface area (Å²) in [6.45, 7) is 7.82. The monoisotopic (exact) mass is 405 g/mol. The van der Waals surface area contributed by atoms with Crippen LogP contribution in [0, 0.1) is 0 Å². The van der Waals surface area contributed by atoms with Crippen molar-refractivity contribution in [3.8, 4) is 0 Å². The van der Waals surface area contributed by atoms with Gasteiger partial charge in [0.25, 0.3) is 0 Å². The molecule has 2 heterocycles. The molecule has 1 aliphatic heterocycles. The second kappa shape index (κ2) is 8.32. The van der Waals surface area contributed by atoms with Crippen LogP contribution >= 0.6 is 0 Å². The molecule has 0 saturated carbocycles. The molecule has 11 heteroatoms. The minimum Gasteiger partial charge on any atom is -0.465 e. The number of carboxylic acid groups (broad SMARTS) is 1. The van der Waals surface area contributed by atoms with Crippen molar-refractivity contribution in [2.75, 3.05) is 6.54 Å². The molecular formula is C17H27BF3N3O4. The summed E-state index contributed by atoms with van der Waals surface area (Å²) in [7, 11) is -1.13. The number of nitrogens with one attached hydrogen (secondary N) is 1. The van der Waals surface area contributed by atoms with Crippen LogP contribution in [0.3, 0.4) is 0 Å². The molecule has 7 nitrogen and oxygen atoms in total. The molecule has 1 aromatic rings. The van der Waals surface area contributed by atoms with Gasteiger partial charge in [-0.25, -0.2) is 4.79 Å². The lowest BCUT2D eigenvalue weighted by Crippen LogP contribution is -2.41. The second-order valence-electron chi connectivity index (χ2n) is 7.93. The minimum atomic E-state index is -4.60. The van der Waals surface area contributed by atoms with Gasteiger partial charge in [0.2, 0.25) is 0 Å². The van der Waals surface area contributed by atoms with Crippen molar-refractivity contribution in [2.45, 2.75) is 77.3 Å². The molecule has 1 aromatic heterocycles. The Morgan fingerprint density at radius 3 is 2.29 bits per heavy atom. The first-order valence-electron chi connectivity index (χ1n) is 9.30. The maximum atomic E-state index is 13.5. The van der Waals surface area contributed by atoms with Crippen LogP contribution in [0.2, 0.25) is 0 Å². The summed E-state index contributed by atoms with van der Waals surface area (Å²) < 4.78 is 53.1. The zero-order chi connectivity index (χ0) is 21.2. The Balaban J connectivity index is 2.00. The molecular weight excluding hydrogens is 378 g/mol. The van der Waals surface area contributed by atoms with Gasteiger partial charge in [-0.2, -0.15) is 18.3 Å². The van der Waals surface area contributed by atoms with E-state index in [-0.39, 0.29) is 5.46 Å². The molecule has 0 spiro atoms. The van der Waals surface area contributed by atoms with Crippen molar-refractivity contribution >= 4 is 18.7 Å². The number of alkyl halides is 3. The standard InChI is InChI=1S/C17H27BF3N3O4/c1-15(2)16(3,4)28-18(27-15)12-11-24(23-13(12)17(19,20)21)10-8-6-5-7-9-22-14(25)26/h11,22H,5-10H2,1-4H3,(H,25,26). The first-order chi connectivity index (χ1) is 12.8. The number of aryl methyl sites for hydroxylation is 1. The first kappa shape index (κ1) is 22.5. The fourth-order valence-electron chi connectivity index (χ4n) is 2.86. The van der Waals surface area contributed by atoms with Crippen LogP contribution < -0.4 is 10.8 Å². The third-order valence-corrected chi connectivity index (χ3v) is 5.16. The van der Waals surface area contributed by atoms with Crippen molar-refractivity contribution in [2.24, 2.45) is 0 Å². The lowest BCUT2D eigenvalue weighted by molar-refractivity contribution is -0.140. The van der Waals surface area contributed by atoms with Crippen LogP contribution in [0.15, 0.2) is 6.20 Å². The molecule has 158 valence electrons. The molecule has 2 rings (SSSR count). The van der Waals surface area contributed by atoms with Crippen LogP contribution in [-0.2, 0) is 22.0 Å². The number of rotatable bonds is 8.